The van der Waals surface area contributed by atoms with Gasteiger partial charge in [0.05, 0.1) is 0 Å². The maximum atomic E-state index is 11.3. The first kappa shape index (κ1) is 16.3. The van der Waals surface area contributed by atoms with Gasteiger partial charge in [0.2, 0.25) is 0 Å². The molecule has 2 nitrogen and oxygen atoms in total. The van der Waals surface area contributed by atoms with E-state index in [2.05, 4.69) is 16.7 Å². The molecule has 2 atom stereocenters. The third-order valence-corrected chi connectivity index (χ3v) is 3.74. The highest BCUT2D eigenvalue weighted by atomic mass is 16.3. The van der Waals surface area contributed by atoms with Crippen LogP contribution in [0.2, 0.25) is 0 Å². The topological polar surface area (TPSA) is 23.5 Å². The third kappa shape index (κ3) is 3.98. The van der Waals surface area contributed by atoms with E-state index in [-0.39, 0.29) is 5.92 Å². The van der Waals surface area contributed by atoms with Crippen LogP contribution >= 0.6 is 0 Å². The molecule has 0 unspecified atom stereocenters. The Hall–Kier alpha value is -2.08. The molecule has 0 saturated heterocycles. The lowest BCUT2D eigenvalue weighted by Crippen LogP contribution is -2.38. The Morgan fingerprint density at radius 1 is 1.00 bits per heavy atom. The van der Waals surface area contributed by atoms with E-state index in [9.17, 15) is 5.11 Å². The first-order valence-electron chi connectivity index (χ1n) is 7.53. The van der Waals surface area contributed by atoms with Crippen LogP contribution in [0.4, 0.5) is 0 Å². The Bertz CT molecular complexity index is 640. The van der Waals surface area contributed by atoms with Crippen LogP contribution in [-0.4, -0.2) is 30.6 Å². The van der Waals surface area contributed by atoms with Gasteiger partial charge in [0.1, 0.15) is 0 Å². The first-order valence-corrected chi connectivity index (χ1v) is 7.53. The van der Waals surface area contributed by atoms with Crippen molar-refractivity contribution in [3.63, 3.8) is 0 Å². The average molecular weight is 293 g/mol. The van der Waals surface area contributed by atoms with Crippen LogP contribution in [0.1, 0.15) is 18.1 Å². The molecule has 22 heavy (non-hydrogen) atoms. The summed E-state index contributed by atoms with van der Waals surface area (Å²) in [7, 11) is 4.01. The van der Waals surface area contributed by atoms with E-state index in [1.165, 1.54) is 0 Å². The standard InChI is InChI=1S/C20H23NO/c1-17(16-21(2)3)20(22,19-12-8-5-9-13-19)15-14-18-10-6-4-7-11-18/h4-13,17,22H,16H2,1-3H3/t17-,20+/m1/s1. The Kier molecular flexibility index (Phi) is 5.38. The molecule has 2 aromatic rings. The number of hydrogen-bond acceptors (Lipinski definition) is 2. The zero-order valence-electron chi connectivity index (χ0n) is 13.5. The highest BCUT2D eigenvalue weighted by molar-refractivity contribution is 5.40. The van der Waals surface area contributed by atoms with Crippen LogP contribution in [0.3, 0.4) is 0 Å². The molecule has 114 valence electrons. The van der Waals surface area contributed by atoms with Gasteiger partial charge < -0.3 is 10.0 Å². The summed E-state index contributed by atoms with van der Waals surface area (Å²) >= 11 is 0. The zero-order chi connectivity index (χ0) is 16.0. The Labute approximate surface area is 133 Å². The molecule has 0 aromatic heterocycles. The van der Waals surface area contributed by atoms with Crippen LogP contribution in [-0.2, 0) is 5.60 Å². The molecule has 0 heterocycles. The van der Waals surface area contributed by atoms with Crippen LogP contribution in [0, 0.1) is 17.8 Å². The maximum Gasteiger partial charge on any atom is 0.155 e. The van der Waals surface area contributed by atoms with Gasteiger partial charge in [-0.3, -0.25) is 0 Å². The van der Waals surface area contributed by atoms with Gasteiger partial charge in [0.25, 0.3) is 0 Å². The van der Waals surface area contributed by atoms with E-state index >= 15 is 0 Å². The minimum Gasteiger partial charge on any atom is -0.373 e. The molecule has 0 spiro atoms. The minimum absolute atomic E-state index is 0.0129. The normalized spacial score (nSPS) is 14.8. The summed E-state index contributed by atoms with van der Waals surface area (Å²) < 4.78 is 0. The molecule has 2 rings (SSSR count). The predicted molar refractivity (Wildman–Crippen MR) is 91.4 cm³/mol. The van der Waals surface area contributed by atoms with E-state index in [1.54, 1.807) is 0 Å². The fraction of sp³-hybridized carbons (Fsp3) is 0.300. The maximum absolute atomic E-state index is 11.3. The molecular formula is C20H23NO. The Balaban J connectivity index is 2.40. The second-order valence-electron chi connectivity index (χ2n) is 5.91. The number of aliphatic hydroxyl groups is 1. The number of benzene rings is 2. The van der Waals surface area contributed by atoms with E-state index in [0.717, 1.165) is 17.7 Å². The van der Waals surface area contributed by atoms with Crippen molar-refractivity contribution < 1.29 is 5.11 Å². The molecule has 0 fully saturated rings. The van der Waals surface area contributed by atoms with Crippen molar-refractivity contribution in [3.05, 3.63) is 71.8 Å². The van der Waals surface area contributed by atoms with Gasteiger partial charge in [0.15, 0.2) is 5.60 Å². The van der Waals surface area contributed by atoms with Gasteiger partial charge in [-0.15, -0.1) is 0 Å². The molecule has 2 aromatic carbocycles. The molecule has 2 heteroatoms. The van der Waals surface area contributed by atoms with Crippen molar-refractivity contribution in [2.75, 3.05) is 20.6 Å². The lowest BCUT2D eigenvalue weighted by Gasteiger charge is -2.31. The van der Waals surface area contributed by atoms with Crippen molar-refractivity contribution in [1.82, 2.24) is 4.90 Å². The number of hydrogen-bond donors (Lipinski definition) is 1. The molecule has 0 radical (unpaired) electrons. The van der Waals surface area contributed by atoms with Crippen molar-refractivity contribution in [1.29, 1.82) is 0 Å². The highest BCUT2D eigenvalue weighted by Crippen LogP contribution is 2.29. The summed E-state index contributed by atoms with van der Waals surface area (Å²) in [5, 5.41) is 11.3. The number of rotatable bonds is 4. The zero-order valence-corrected chi connectivity index (χ0v) is 13.5. The molecule has 0 aliphatic rings. The lowest BCUT2D eigenvalue weighted by atomic mass is 9.82. The minimum atomic E-state index is -1.17. The van der Waals surface area contributed by atoms with Gasteiger partial charge >= 0.3 is 0 Å². The summed E-state index contributed by atoms with van der Waals surface area (Å²) in [6, 6.07) is 19.5. The van der Waals surface area contributed by atoms with Gasteiger partial charge in [-0.05, 0) is 31.8 Å². The van der Waals surface area contributed by atoms with Gasteiger partial charge in [0, 0.05) is 18.0 Å². The molecule has 1 N–H and O–H groups in total. The van der Waals surface area contributed by atoms with Crippen molar-refractivity contribution >= 4 is 0 Å². The van der Waals surface area contributed by atoms with Crippen molar-refractivity contribution in [2.24, 2.45) is 5.92 Å². The fourth-order valence-corrected chi connectivity index (χ4v) is 2.54. The summed E-state index contributed by atoms with van der Waals surface area (Å²) in [5.74, 6) is 6.22. The van der Waals surface area contributed by atoms with Crippen LogP contribution in [0.25, 0.3) is 0 Å². The van der Waals surface area contributed by atoms with Crippen LogP contribution in [0.15, 0.2) is 60.7 Å². The fourth-order valence-electron chi connectivity index (χ4n) is 2.54. The van der Waals surface area contributed by atoms with E-state index in [4.69, 9.17) is 0 Å². The smallest absolute Gasteiger partial charge is 0.155 e. The number of nitrogens with zero attached hydrogens (tertiary/aromatic N) is 1. The summed E-state index contributed by atoms with van der Waals surface area (Å²) in [6.07, 6.45) is 0. The molecule has 0 saturated carbocycles. The van der Waals surface area contributed by atoms with Crippen molar-refractivity contribution in [2.45, 2.75) is 12.5 Å². The Morgan fingerprint density at radius 2 is 1.55 bits per heavy atom. The molecule has 0 amide bonds. The molecule has 0 aliphatic carbocycles. The largest absolute Gasteiger partial charge is 0.373 e. The SMILES string of the molecule is C[C@H](CN(C)C)[C@@](O)(C#Cc1ccccc1)c1ccccc1. The second kappa shape index (κ2) is 7.26. The summed E-state index contributed by atoms with van der Waals surface area (Å²) in [4.78, 5) is 2.07. The third-order valence-electron chi connectivity index (χ3n) is 3.74. The average Bonchev–Trinajstić information content (AvgIpc) is 2.53. The predicted octanol–water partition coefficient (Wildman–Crippen LogP) is 3.12. The second-order valence-corrected chi connectivity index (χ2v) is 5.91. The van der Waals surface area contributed by atoms with E-state index in [0.29, 0.717) is 0 Å². The van der Waals surface area contributed by atoms with Crippen LogP contribution < -0.4 is 0 Å². The summed E-state index contributed by atoms with van der Waals surface area (Å²) in [6.45, 7) is 2.79. The van der Waals surface area contributed by atoms with Gasteiger partial charge in [-0.2, -0.15) is 0 Å². The van der Waals surface area contributed by atoms with Crippen molar-refractivity contribution in [3.8, 4) is 11.8 Å². The van der Waals surface area contributed by atoms with Crippen LogP contribution in [0.5, 0.6) is 0 Å². The quantitative estimate of drug-likeness (QED) is 0.876. The lowest BCUT2D eigenvalue weighted by molar-refractivity contribution is 0.0305. The summed E-state index contributed by atoms with van der Waals surface area (Å²) in [5.41, 5.74) is 0.586. The van der Waals surface area contributed by atoms with E-state index in [1.807, 2.05) is 81.7 Å². The van der Waals surface area contributed by atoms with Gasteiger partial charge in [-0.25, -0.2) is 0 Å². The monoisotopic (exact) mass is 293 g/mol. The van der Waals surface area contributed by atoms with E-state index < -0.39 is 5.60 Å². The molecule has 0 aliphatic heterocycles. The molecular weight excluding hydrogens is 270 g/mol. The highest BCUT2D eigenvalue weighted by Gasteiger charge is 2.34. The first-order chi connectivity index (χ1) is 10.5. The van der Waals surface area contributed by atoms with Gasteiger partial charge in [-0.1, -0.05) is 67.3 Å². The molecule has 0 bridgehead atoms. The Morgan fingerprint density at radius 3 is 2.09 bits per heavy atom.